The molecule has 1 N–H and O–H groups in total. The maximum atomic E-state index is 8.97. The fourth-order valence-electron chi connectivity index (χ4n) is 2.76. The van der Waals surface area contributed by atoms with Crippen LogP contribution in [0.4, 0.5) is 5.69 Å². The lowest BCUT2D eigenvalue weighted by molar-refractivity contribution is 0.263. The van der Waals surface area contributed by atoms with E-state index in [2.05, 4.69) is 36.9 Å². The summed E-state index contributed by atoms with van der Waals surface area (Å²) in [7, 11) is 0. The van der Waals surface area contributed by atoms with E-state index in [1.165, 1.54) is 23.2 Å². The summed E-state index contributed by atoms with van der Waals surface area (Å²) >= 11 is 0. The summed E-state index contributed by atoms with van der Waals surface area (Å²) in [6, 6.07) is 6.48. The quantitative estimate of drug-likeness (QED) is 0.844. The second kappa shape index (κ2) is 4.88. The van der Waals surface area contributed by atoms with Gasteiger partial charge in [-0.3, -0.25) is 0 Å². The molecule has 0 radical (unpaired) electrons. The second-order valence-corrected chi connectivity index (χ2v) is 4.85. The van der Waals surface area contributed by atoms with E-state index in [0.29, 0.717) is 12.5 Å². The van der Waals surface area contributed by atoms with Gasteiger partial charge in [-0.1, -0.05) is 18.2 Å². The summed E-state index contributed by atoms with van der Waals surface area (Å²) in [4.78, 5) is 2.48. The summed E-state index contributed by atoms with van der Waals surface area (Å²) < 4.78 is 0. The molecule has 1 aliphatic rings. The highest BCUT2D eigenvalue weighted by Gasteiger charge is 2.23. The van der Waals surface area contributed by atoms with Gasteiger partial charge in [-0.2, -0.15) is 0 Å². The van der Waals surface area contributed by atoms with Crippen molar-refractivity contribution in [3.8, 4) is 0 Å². The molecule has 88 valence electrons. The lowest BCUT2D eigenvalue weighted by Crippen LogP contribution is -2.21. The molecule has 0 aliphatic carbocycles. The molecular weight excluding hydrogens is 198 g/mol. The molecule has 0 amide bonds. The lowest BCUT2D eigenvalue weighted by atomic mass is 10.1. The van der Waals surface area contributed by atoms with Crippen LogP contribution in [0, 0.1) is 19.8 Å². The number of nitrogens with zero attached hydrogens (tertiary/aromatic N) is 1. The van der Waals surface area contributed by atoms with Gasteiger partial charge in [-0.15, -0.1) is 0 Å². The van der Waals surface area contributed by atoms with Gasteiger partial charge in [0.1, 0.15) is 0 Å². The van der Waals surface area contributed by atoms with Crippen LogP contribution in [0.3, 0.4) is 0 Å². The number of aliphatic hydroxyl groups excluding tert-OH is 1. The number of hydrogen-bond donors (Lipinski definition) is 1. The fourth-order valence-corrected chi connectivity index (χ4v) is 2.76. The number of rotatable bonds is 3. The summed E-state index contributed by atoms with van der Waals surface area (Å²) in [6.07, 6.45) is 2.16. The first kappa shape index (κ1) is 11.5. The van der Waals surface area contributed by atoms with Crippen LogP contribution in [0.5, 0.6) is 0 Å². The largest absolute Gasteiger partial charge is 0.396 e. The zero-order valence-corrected chi connectivity index (χ0v) is 10.2. The Hall–Kier alpha value is -1.02. The van der Waals surface area contributed by atoms with Crippen LogP contribution in [-0.2, 0) is 0 Å². The summed E-state index contributed by atoms with van der Waals surface area (Å²) in [5.74, 6) is 0.670. The molecule has 0 aromatic heterocycles. The lowest BCUT2D eigenvalue weighted by Gasteiger charge is -2.23. The molecule has 1 atom stereocenters. The minimum atomic E-state index is 0.325. The SMILES string of the molecule is Cc1cccc(C)c1N1CCC(CCO)C1. The van der Waals surface area contributed by atoms with Crippen LogP contribution in [0.15, 0.2) is 18.2 Å². The van der Waals surface area contributed by atoms with E-state index >= 15 is 0 Å². The fraction of sp³-hybridized carbons (Fsp3) is 0.571. The van der Waals surface area contributed by atoms with E-state index in [0.717, 1.165) is 19.5 Å². The van der Waals surface area contributed by atoms with Crippen molar-refractivity contribution in [1.29, 1.82) is 0 Å². The third-order valence-electron chi connectivity index (χ3n) is 3.58. The predicted octanol–water partition coefficient (Wildman–Crippen LogP) is 2.51. The molecule has 1 saturated heterocycles. The molecule has 1 heterocycles. The average molecular weight is 219 g/mol. The van der Waals surface area contributed by atoms with Crippen molar-refractivity contribution in [2.75, 3.05) is 24.6 Å². The third kappa shape index (κ3) is 2.22. The van der Waals surface area contributed by atoms with E-state index in [1.807, 2.05) is 0 Å². The molecule has 1 aromatic rings. The second-order valence-electron chi connectivity index (χ2n) is 4.85. The first-order valence-corrected chi connectivity index (χ1v) is 6.14. The van der Waals surface area contributed by atoms with Gasteiger partial charge in [0.25, 0.3) is 0 Å². The van der Waals surface area contributed by atoms with Gasteiger partial charge in [0.05, 0.1) is 0 Å². The molecule has 2 heteroatoms. The van der Waals surface area contributed by atoms with Crippen LogP contribution in [-0.4, -0.2) is 24.8 Å². The zero-order valence-electron chi connectivity index (χ0n) is 10.2. The smallest absolute Gasteiger partial charge is 0.0434 e. The maximum absolute atomic E-state index is 8.97. The molecule has 2 rings (SSSR count). The number of hydrogen-bond acceptors (Lipinski definition) is 2. The number of para-hydroxylation sites is 1. The highest BCUT2D eigenvalue weighted by Crippen LogP contribution is 2.30. The predicted molar refractivity (Wildman–Crippen MR) is 67.9 cm³/mol. The van der Waals surface area contributed by atoms with Crippen LogP contribution in [0.25, 0.3) is 0 Å². The van der Waals surface area contributed by atoms with Crippen molar-refractivity contribution in [3.05, 3.63) is 29.3 Å². The topological polar surface area (TPSA) is 23.5 Å². The number of aliphatic hydroxyl groups is 1. The van der Waals surface area contributed by atoms with Gasteiger partial charge in [0.15, 0.2) is 0 Å². The number of benzene rings is 1. The highest BCUT2D eigenvalue weighted by molar-refractivity contribution is 5.59. The van der Waals surface area contributed by atoms with E-state index in [4.69, 9.17) is 5.11 Å². The number of aryl methyl sites for hydroxylation is 2. The Morgan fingerprint density at radius 1 is 1.31 bits per heavy atom. The van der Waals surface area contributed by atoms with Gasteiger partial charge >= 0.3 is 0 Å². The molecule has 2 nitrogen and oxygen atoms in total. The normalized spacial score (nSPS) is 20.4. The molecule has 0 bridgehead atoms. The molecule has 0 saturated carbocycles. The standard InChI is InChI=1S/C14H21NO/c1-11-4-3-5-12(2)14(11)15-8-6-13(10-15)7-9-16/h3-5,13,16H,6-10H2,1-2H3. The first-order chi connectivity index (χ1) is 7.72. The summed E-state index contributed by atoms with van der Waals surface area (Å²) in [5.41, 5.74) is 4.14. The Kier molecular flexibility index (Phi) is 3.49. The highest BCUT2D eigenvalue weighted by atomic mass is 16.3. The molecular formula is C14H21NO. The van der Waals surface area contributed by atoms with Crippen molar-refractivity contribution in [1.82, 2.24) is 0 Å². The van der Waals surface area contributed by atoms with Crippen molar-refractivity contribution in [2.45, 2.75) is 26.7 Å². The Balaban J connectivity index is 2.14. The Morgan fingerprint density at radius 3 is 2.62 bits per heavy atom. The monoisotopic (exact) mass is 219 g/mol. The van der Waals surface area contributed by atoms with Crippen molar-refractivity contribution in [2.24, 2.45) is 5.92 Å². The summed E-state index contributed by atoms with van der Waals surface area (Å²) in [6.45, 7) is 6.93. The minimum absolute atomic E-state index is 0.325. The van der Waals surface area contributed by atoms with E-state index in [1.54, 1.807) is 0 Å². The van der Waals surface area contributed by atoms with Crippen LogP contribution < -0.4 is 4.90 Å². The van der Waals surface area contributed by atoms with E-state index in [-0.39, 0.29) is 0 Å². The molecule has 1 aromatic carbocycles. The van der Waals surface area contributed by atoms with Crippen LogP contribution in [0.1, 0.15) is 24.0 Å². The van der Waals surface area contributed by atoms with Gasteiger partial charge in [0, 0.05) is 25.4 Å². The van der Waals surface area contributed by atoms with E-state index in [9.17, 15) is 0 Å². The Morgan fingerprint density at radius 2 is 2.00 bits per heavy atom. The maximum Gasteiger partial charge on any atom is 0.0434 e. The van der Waals surface area contributed by atoms with E-state index < -0.39 is 0 Å². The van der Waals surface area contributed by atoms with Gasteiger partial charge in [-0.05, 0) is 43.7 Å². The van der Waals surface area contributed by atoms with Gasteiger partial charge in [0.2, 0.25) is 0 Å². The average Bonchev–Trinajstić information content (AvgIpc) is 2.67. The molecule has 1 fully saturated rings. The summed E-state index contributed by atoms with van der Waals surface area (Å²) in [5, 5.41) is 8.97. The van der Waals surface area contributed by atoms with Crippen LogP contribution in [0.2, 0.25) is 0 Å². The Bertz CT molecular complexity index is 342. The number of anilines is 1. The third-order valence-corrected chi connectivity index (χ3v) is 3.58. The Labute approximate surface area is 97.9 Å². The van der Waals surface area contributed by atoms with Gasteiger partial charge in [-0.25, -0.2) is 0 Å². The molecule has 1 aliphatic heterocycles. The van der Waals surface area contributed by atoms with Crippen molar-refractivity contribution in [3.63, 3.8) is 0 Å². The van der Waals surface area contributed by atoms with Crippen LogP contribution >= 0.6 is 0 Å². The minimum Gasteiger partial charge on any atom is -0.396 e. The molecule has 1 unspecified atom stereocenters. The first-order valence-electron chi connectivity index (χ1n) is 6.14. The zero-order chi connectivity index (χ0) is 11.5. The van der Waals surface area contributed by atoms with Gasteiger partial charge < -0.3 is 10.0 Å². The van der Waals surface area contributed by atoms with Crippen molar-refractivity contribution >= 4 is 5.69 Å². The molecule has 16 heavy (non-hydrogen) atoms. The molecule has 0 spiro atoms. The van der Waals surface area contributed by atoms with Crippen molar-refractivity contribution < 1.29 is 5.11 Å².